The molecule has 1 aliphatic carbocycles. The molecular weight excluding hydrogens is 398 g/mol. The predicted octanol–water partition coefficient (Wildman–Crippen LogP) is 4.35. The molecule has 1 N–H and O–H groups in total. The number of rotatable bonds is 6. The van der Waals surface area contributed by atoms with Gasteiger partial charge >= 0.3 is 0 Å². The number of amides is 1. The van der Waals surface area contributed by atoms with Gasteiger partial charge in [-0.05, 0) is 37.1 Å². The number of nitriles is 1. The quantitative estimate of drug-likeness (QED) is 0.469. The molecule has 30 heavy (non-hydrogen) atoms. The van der Waals surface area contributed by atoms with E-state index in [0.717, 1.165) is 31.4 Å². The summed E-state index contributed by atoms with van der Waals surface area (Å²) in [6.07, 6.45) is 7.18. The summed E-state index contributed by atoms with van der Waals surface area (Å²) in [6.45, 7) is 0. The average Bonchev–Trinajstić information content (AvgIpc) is 3.39. The van der Waals surface area contributed by atoms with Crippen LogP contribution in [0.3, 0.4) is 0 Å². The molecule has 1 saturated carbocycles. The molecule has 0 atom stereocenters. The Morgan fingerprint density at radius 1 is 1.13 bits per heavy atom. The van der Waals surface area contributed by atoms with Crippen LogP contribution in [0.4, 0.5) is 0 Å². The number of aromatic nitrogens is 3. The van der Waals surface area contributed by atoms with Crippen LogP contribution < -0.4 is 5.32 Å². The first-order valence-electron chi connectivity index (χ1n) is 10.1. The van der Waals surface area contributed by atoms with Crippen molar-refractivity contribution >= 4 is 17.7 Å². The highest BCUT2D eigenvalue weighted by molar-refractivity contribution is 7.99. The lowest BCUT2D eigenvalue weighted by atomic mass is 9.92. The molecule has 3 aromatic rings. The zero-order valence-electron chi connectivity index (χ0n) is 16.6. The van der Waals surface area contributed by atoms with E-state index in [1.54, 1.807) is 12.3 Å². The molecule has 1 amide bonds. The number of furan rings is 1. The van der Waals surface area contributed by atoms with Crippen LogP contribution >= 0.6 is 11.8 Å². The summed E-state index contributed by atoms with van der Waals surface area (Å²) in [5, 5.41) is 21.9. The van der Waals surface area contributed by atoms with Crippen molar-refractivity contribution in [3.8, 4) is 23.3 Å². The van der Waals surface area contributed by atoms with E-state index in [1.165, 1.54) is 11.8 Å². The number of carbonyl (C=O) groups excluding carboxylic acids is 1. The van der Waals surface area contributed by atoms with Crippen LogP contribution in [0.25, 0.3) is 17.3 Å². The lowest BCUT2D eigenvalue weighted by molar-refractivity contribution is -0.120. The summed E-state index contributed by atoms with van der Waals surface area (Å²) in [6, 6.07) is 15.7. The van der Waals surface area contributed by atoms with E-state index in [0.29, 0.717) is 29.6 Å². The van der Waals surface area contributed by atoms with Gasteiger partial charge in [-0.15, -0.1) is 10.2 Å². The van der Waals surface area contributed by atoms with Crippen molar-refractivity contribution in [2.24, 2.45) is 0 Å². The van der Waals surface area contributed by atoms with Crippen molar-refractivity contribution in [3.63, 3.8) is 0 Å². The molecule has 0 bridgehead atoms. The number of thioether (sulfide) groups is 1. The van der Waals surface area contributed by atoms with E-state index in [2.05, 4.69) is 21.6 Å². The van der Waals surface area contributed by atoms with E-state index in [1.807, 2.05) is 41.0 Å². The molecule has 0 spiro atoms. The number of hydrogen-bond acceptors (Lipinski definition) is 6. The largest absolute Gasteiger partial charge is 0.461 e. The van der Waals surface area contributed by atoms with Crippen LogP contribution in [0, 0.1) is 11.3 Å². The van der Waals surface area contributed by atoms with Gasteiger partial charge in [0.15, 0.2) is 10.9 Å². The Hall–Kier alpha value is -3.05. The predicted molar refractivity (Wildman–Crippen MR) is 114 cm³/mol. The third kappa shape index (κ3) is 4.41. The third-order valence-electron chi connectivity index (χ3n) is 5.27. The Morgan fingerprint density at radius 3 is 2.57 bits per heavy atom. The van der Waals surface area contributed by atoms with Crippen molar-refractivity contribution in [2.45, 2.75) is 49.2 Å². The minimum atomic E-state index is -0.749. The molecule has 8 heteroatoms. The smallest absolute Gasteiger partial charge is 0.231 e. The SMILES string of the molecule is N#CC1(NC(=O)CSc2nnc(-c3ccco3)n2-c2ccccc2)CCCCCC1. The number of nitrogens with one attached hydrogen (secondary N) is 1. The number of para-hydroxylation sites is 1. The van der Waals surface area contributed by atoms with Crippen LogP contribution in [-0.2, 0) is 4.79 Å². The van der Waals surface area contributed by atoms with Gasteiger partial charge in [0.1, 0.15) is 5.54 Å². The summed E-state index contributed by atoms with van der Waals surface area (Å²) in [4.78, 5) is 12.7. The Bertz CT molecular complexity index is 1020. The summed E-state index contributed by atoms with van der Waals surface area (Å²) in [7, 11) is 0. The van der Waals surface area contributed by atoms with Crippen LogP contribution in [0.5, 0.6) is 0 Å². The van der Waals surface area contributed by atoms with Gasteiger partial charge in [0.25, 0.3) is 0 Å². The molecular formula is C22H23N5O2S. The molecule has 0 aliphatic heterocycles. The zero-order chi connectivity index (χ0) is 20.8. The summed E-state index contributed by atoms with van der Waals surface area (Å²) in [5.41, 5.74) is 0.134. The number of hydrogen-bond donors (Lipinski definition) is 1. The molecule has 1 aromatic carbocycles. The Kier molecular flexibility index (Phi) is 6.19. The second-order valence-corrected chi connectivity index (χ2v) is 8.34. The first-order valence-corrected chi connectivity index (χ1v) is 11.1. The molecule has 0 radical (unpaired) electrons. The van der Waals surface area contributed by atoms with Crippen LogP contribution in [0.15, 0.2) is 58.3 Å². The summed E-state index contributed by atoms with van der Waals surface area (Å²) < 4.78 is 7.39. The lowest BCUT2D eigenvalue weighted by Gasteiger charge is -2.26. The molecule has 2 aromatic heterocycles. The fraction of sp³-hybridized carbons (Fsp3) is 0.364. The lowest BCUT2D eigenvalue weighted by Crippen LogP contribution is -2.47. The minimum absolute atomic E-state index is 0.159. The van der Waals surface area contributed by atoms with Gasteiger partial charge < -0.3 is 9.73 Å². The fourth-order valence-corrected chi connectivity index (χ4v) is 4.52. The van der Waals surface area contributed by atoms with Gasteiger partial charge in [-0.2, -0.15) is 5.26 Å². The van der Waals surface area contributed by atoms with Crippen molar-refractivity contribution in [2.75, 3.05) is 5.75 Å². The van der Waals surface area contributed by atoms with Crippen molar-refractivity contribution in [1.29, 1.82) is 5.26 Å². The summed E-state index contributed by atoms with van der Waals surface area (Å²) in [5.74, 6) is 1.17. The van der Waals surface area contributed by atoms with Crippen LogP contribution in [0.1, 0.15) is 38.5 Å². The highest BCUT2D eigenvalue weighted by Gasteiger charge is 2.32. The standard InChI is InChI=1S/C22H23N5O2S/c23-16-22(12-6-1-2-7-13-22)24-19(28)15-30-21-26-25-20(18-11-8-14-29-18)27(21)17-9-4-3-5-10-17/h3-5,8-11,14H,1-2,6-7,12-13,15H2,(H,24,28). The first kappa shape index (κ1) is 20.2. The molecule has 2 heterocycles. The van der Waals surface area contributed by atoms with Gasteiger partial charge in [-0.3, -0.25) is 9.36 Å². The van der Waals surface area contributed by atoms with Gasteiger partial charge in [-0.1, -0.05) is 55.6 Å². The number of nitrogens with zero attached hydrogens (tertiary/aromatic N) is 4. The van der Waals surface area contributed by atoms with Gasteiger partial charge in [-0.25, -0.2) is 0 Å². The first-order chi connectivity index (χ1) is 14.7. The fourth-order valence-electron chi connectivity index (χ4n) is 3.77. The molecule has 1 aliphatic rings. The Labute approximate surface area is 179 Å². The molecule has 0 unspecified atom stereocenters. The molecule has 0 saturated heterocycles. The normalized spacial score (nSPS) is 15.8. The van der Waals surface area contributed by atoms with Crippen molar-refractivity contribution < 1.29 is 9.21 Å². The topological polar surface area (TPSA) is 96.7 Å². The monoisotopic (exact) mass is 421 g/mol. The van der Waals surface area contributed by atoms with Crippen LogP contribution in [-0.4, -0.2) is 32.0 Å². The van der Waals surface area contributed by atoms with E-state index < -0.39 is 5.54 Å². The molecule has 7 nitrogen and oxygen atoms in total. The van der Waals surface area contributed by atoms with Gasteiger partial charge in [0, 0.05) is 5.69 Å². The maximum absolute atomic E-state index is 12.7. The highest BCUT2D eigenvalue weighted by atomic mass is 32.2. The second-order valence-electron chi connectivity index (χ2n) is 7.40. The second kappa shape index (κ2) is 9.18. The molecule has 1 fully saturated rings. The maximum Gasteiger partial charge on any atom is 0.231 e. The van der Waals surface area contributed by atoms with E-state index in [9.17, 15) is 10.1 Å². The third-order valence-corrected chi connectivity index (χ3v) is 6.20. The van der Waals surface area contributed by atoms with Gasteiger partial charge in [0.05, 0.1) is 18.1 Å². The number of benzene rings is 1. The van der Waals surface area contributed by atoms with E-state index >= 15 is 0 Å². The molecule has 154 valence electrons. The van der Waals surface area contributed by atoms with Crippen molar-refractivity contribution in [1.82, 2.24) is 20.1 Å². The highest BCUT2D eigenvalue weighted by Crippen LogP contribution is 2.29. The Balaban J connectivity index is 1.52. The maximum atomic E-state index is 12.7. The average molecular weight is 422 g/mol. The van der Waals surface area contributed by atoms with Crippen molar-refractivity contribution in [3.05, 3.63) is 48.7 Å². The van der Waals surface area contributed by atoms with E-state index in [4.69, 9.17) is 4.42 Å². The van der Waals surface area contributed by atoms with Crippen LogP contribution in [0.2, 0.25) is 0 Å². The van der Waals surface area contributed by atoms with E-state index in [-0.39, 0.29) is 11.7 Å². The number of carbonyl (C=O) groups is 1. The summed E-state index contributed by atoms with van der Waals surface area (Å²) >= 11 is 1.30. The Morgan fingerprint density at radius 2 is 1.90 bits per heavy atom. The van der Waals surface area contributed by atoms with Gasteiger partial charge in [0.2, 0.25) is 11.7 Å². The minimum Gasteiger partial charge on any atom is -0.461 e. The zero-order valence-corrected chi connectivity index (χ0v) is 17.4. The molecule has 4 rings (SSSR count).